The molecule has 35 heavy (non-hydrogen) atoms. The maximum Gasteiger partial charge on any atom is 0.319 e. The Morgan fingerprint density at radius 3 is 2.60 bits per heavy atom. The second kappa shape index (κ2) is 10.9. The van der Waals surface area contributed by atoms with Crippen molar-refractivity contribution < 1.29 is 33.0 Å². The number of halogens is 1. The number of nitrogens with one attached hydrogen (secondary N) is 3. The van der Waals surface area contributed by atoms with E-state index in [1.807, 2.05) is 12.2 Å². The summed E-state index contributed by atoms with van der Waals surface area (Å²) >= 11 is 0. The summed E-state index contributed by atoms with van der Waals surface area (Å²) in [6.07, 6.45) is 4.91. The zero-order valence-electron chi connectivity index (χ0n) is 19.4. The second-order valence-electron chi connectivity index (χ2n) is 8.73. The van der Waals surface area contributed by atoms with E-state index in [-0.39, 0.29) is 30.7 Å². The zero-order valence-corrected chi connectivity index (χ0v) is 19.4. The fraction of sp³-hybridized carbons (Fsp3) is 0.500. The lowest BCUT2D eigenvalue weighted by Crippen LogP contribution is -2.57. The van der Waals surface area contributed by atoms with E-state index in [1.54, 1.807) is 11.8 Å². The molecule has 10 nitrogen and oxygen atoms in total. The van der Waals surface area contributed by atoms with Crippen LogP contribution in [0.25, 0.3) is 0 Å². The molecule has 3 N–H and O–H groups in total. The number of carbonyl (C=O) groups excluding carboxylic acids is 4. The summed E-state index contributed by atoms with van der Waals surface area (Å²) in [5.74, 6) is -1.62. The van der Waals surface area contributed by atoms with Gasteiger partial charge in [-0.3, -0.25) is 14.4 Å². The molecular formula is C24H29FN4O6. The molecule has 3 aliphatic heterocycles. The monoisotopic (exact) mass is 488 g/mol. The number of hydrogen-bond acceptors (Lipinski definition) is 6. The van der Waals surface area contributed by atoms with Crippen molar-refractivity contribution >= 4 is 29.5 Å². The topological polar surface area (TPSA) is 126 Å². The Bertz CT molecular complexity index is 1000. The fourth-order valence-corrected chi connectivity index (χ4v) is 4.70. The summed E-state index contributed by atoms with van der Waals surface area (Å²) < 4.78 is 23.6. The van der Waals surface area contributed by atoms with Gasteiger partial charge in [-0.1, -0.05) is 12.2 Å². The van der Waals surface area contributed by atoms with E-state index < -0.39 is 42.2 Å². The molecule has 2 fully saturated rings. The lowest BCUT2D eigenvalue weighted by molar-refractivity contribution is -0.164. The number of cyclic esters (lactones) is 1. The molecule has 3 aliphatic rings. The number of ether oxygens (including phenoxy) is 2. The first kappa shape index (κ1) is 24.6. The van der Waals surface area contributed by atoms with Crippen molar-refractivity contribution in [2.75, 3.05) is 11.9 Å². The van der Waals surface area contributed by atoms with Crippen molar-refractivity contribution in [2.45, 2.75) is 69.5 Å². The van der Waals surface area contributed by atoms with Gasteiger partial charge in [-0.25, -0.2) is 9.18 Å². The highest BCUT2D eigenvalue weighted by molar-refractivity contribution is 5.96. The minimum absolute atomic E-state index is 0.00300. The number of benzene rings is 1. The van der Waals surface area contributed by atoms with E-state index in [9.17, 15) is 23.6 Å². The molecule has 0 aromatic heterocycles. The molecule has 1 aromatic carbocycles. The van der Waals surface area contributed by atoms with E-state index >= 15 is 0 Å². The Balaban J connectivity index is 1.43. The van der Waals surface area contributed by atoms with Gasteiger partial charge >= 0.3 is 12.0 Å². The van der Waals surface area contributed by atoms with Crippen molar-refractivity contribution in [1.82, 2.24) is 15.5 Å². The van der Waals surface area contributed by atoms with Gasteiger partial charge in [-0.15, -0.1) is 0 Å². The number of fused-ring (bicyclic) bond motifs is 1. The van der Waals surface area contributed by atoms with Crippen LogP contribution >= 0.6 is 0 Å². The summed E-state index contributed by atoms with van der Waals surface area (Å²) in [4.78, 5) is 52.5. The first-order valence-electron chi connectivity index (χ1n) is 11.8. The van der Waals surface area contributed by atoms with Crippen LogP contribution < -0.4 is 16.0 Å². The molecule has 1 aromatic rings. The summed E-state index contributed by atoms with van der Waals surface area (Å²) in [6, 6.07) is 2.24. The summed E-state index contributed by atoms with van der Waals surface area (Å²) in [5, 5.41) is 8.07. The van der Waals surface area contributed by atoms with E-state index in [1.165, 1.54) is 24.3 Å². The molecule has 0 bridgehead atoms. The Morgan fingerprint density at radius 1 is 1.11 bits per heavy atom. The average Bonchev–Trinajstić information content (AvgIpc) is 3.39. The molecule has 11 heteroatoms. The maximum absolute atomic E-state index is 13.5. The number of anilines is 1. The van der Waals surface area contributed by atoms with Gasteiger partial charge in [-0.2, -0.15) is 0 Å². The number of esters is 1. The number of carbonyl (C=O) groups is 4. The van der Waals surface area contributed by atoms with Gasteiger partial charge in [0.2, 0.25) is 18.1 Å². The highest BCUT2D eigenvalue weighted by atomic mass is 19.1. The Labute approximate surface area is 202 Å². The molecule has 0 aliphatic carbocycles. The second-order valence-corrected chi connectivity index (χ2v) is 8.73. The molecule has 2 saturated heterocycles. The van der Waals surface area contributed by atoms with Gasteiger partial charge in [0.25, 0.3) is 0 Å². The first-order chi connectivity index (χ1) is 16.9. The first-order valence-corrected chi connectivity index (χ1v) is 11.8. The van der Waals surface area contributed by atoms with E-state index in [4.69, 9.17) is 9.47 Å². The van der Waals surface area contributed by atoms with Gasteiger partial charge < -0.3 is 30.3 Å². The number of rotatable bonds is 6. The molecule has 2 unspecified atom stereocenters. The minimum Gasteiger partial charge on any atom is -0.433 e. The van der Waals surface area contributed by atoms with Crippen LogP contribution in [-0.4, -0.2) is 65.8 Å². The summed E-state index contributed by atoms with van der Waals surface area (Å²) in [5.41, 5.74) is 0.381. The Morgan fingerprint density at radius 2 is 1.86 bits per heavy atom. The van der Waals surface area contributed by atoms with Crippen LogP contribution in [0.15, 0.2) is 36.4 Å². The SMILES string of the molecule is CCOC1OC(=O)CC1NC(=O)[C@@H]1CC[C@H]2C/C=C\C[C@H](NC(=O)Nc3ccc(F)cc3)C(=O)N21. The van der Waals surface area contributed by atoms with Gasteiger partial charge in [0.1, 0.15) is 23.9 Å². The third-order valence-corrected chi connectivity index (χ3v) is 6.33. The highest BCUT2D eigenvalue weighted by Gasteiger charge is 2.45. The minimum atomic E-state index is -0.879. The van der Waals surface area contributed by atoms with Crippen LogP contribution in [0.2, 0.25) is 0 Å². The molecule has 0 radical (unpaired) electrons. The quantitative estimate of drug-likeness (QED) is 0.414. The third kappa shape index (κ3) is 5.79. The average molecular weight is 489 g/mol. The van der Waals surface area contributed by atoms with Crippen LogP contribution in [0.3, 0.4) is 0 Å². The predicted octanol–water partition coefficient (Wildman–Crippen LogP) is 1.82. The maximum atomic E-state index is 13.5. The van der Waals surface area contributed by atoms with Gasteiger partial charge in [-0.05, 0) is 56.9 Å². The van der Waals surface area contributed by atoms with Crippen molar-refractivity contribution in [3.8, 4) is 0 Å². The van der Waals surface area contributed by atoms with Gasteiger partial charge in [0.05, 0.1) is 6.42 Å². The molecule has 4 rings (SSSR count). The van der Waals surface area contributed by atoms with Crippen LogP contribution in [0.5, 0.6) is 0 Å². The normalized spacial score (nSPS) is 29.0. The molecule has 188 valence electrons. The standard InChI is InChI=1S/C24H29FN4O6/c1-2-34-23-18(13-20(30)35-23)27-21(31)19-12-11-16-5-3-4-6-17(22(32)29(16)19)28-24(33)26-15-9-7-14(25)8-10-15/h3-4,7-10,16-19,23H,2,5-6,11-13H2,1H3,(H,27,31)(H2,26,28,33)/b4-3-/t16-,17+,18?,19+,23?/m1/s1. The Kier molecular flexibility index (Phi) is 7.64. The molecule has 0 saturated carbocycles. The van der Waals surface area contributed by atoms with Crippen molar-refractivity contribution in [3.63, 3.8) is 0 Å². The molecule has 0 spiro atoms. The number of amides is 4. The lowest BCUT2D eigenvalue weighted by Gasteiger charge is -2.34. The molecule has 5 atom stereocenters. The van der Waals surface area contributed by atoms with Gasteiger partial charge in [0.15, 0.2) is 0 Å². The Hall–Kier alpha value is -3.47. The van der Waals surface area contributed by atoms with Crippen molar-refractivity contribution in [2.24, 2.45) is 0 Å². The van der Waals surface area contributed by atoms with Crippen molar-refractivity contribution in [1.29, 1.82) is 0 Å². The molecule has 4 amide bonds. The van der Waals surface area contributed by atoms with Crippen LogP contribution in [0, 0.1) is 5.82 Å². The van der Waals surface area contributed by atoms with E-state index in [2.05, 4.69) is 16.0 Å². The van der Waals surface area contributed by atoms with E-state index in [0.717, 1.165) is 0 Å². The van der Waals surface area contributed by atoms with Crippen LogP contribution in [0.1, 0.15) is 39.0 Å². The number of urea groups is 1. The number of nitrogens with zero attached hydrogens (tertiary/aromatic N) is 1. The zero-order chi connectivity index (χ0) is 24.9. The van der Waals surface area contributed by atoms with Crippen LogP contribution in [-0.2, 0) is 23.9 Å². The summed E-state index contributed by atoms with van der Waals surface area (Å²) in [7, 11) is 0. The van der Waals surface area contributed by atoms with E-state index in [0.29, 0.717) is 31.6 Å². The lowest BCUT2D eigenvalue weighted by atomic mass is 10.0. The molecule has 3 heterocycles. The third-order valence-electron chi connectivity index (χ3n) is 6.33. The smallest absolute Gasteiger partial charge is 0.319 e. The fourth-order valence-electron chi connectivity index (χ4n) is 4.70. The van der Waals surface area contributed by atoms with Gasteiger partial charge in [0, 0.05) is 18.3 Å². The summed E-state index contributed by atoms with van der Waals surface area (Å²) in [6.45, 7) is 2.08. The molecular weight excluding hydrogens is 459 g/mol. The predicted molar refractivity (Wildman–Crippen MR) is 122 cm³/mol. The van der Waals surface area contributed by atoms with Crippen molar-refractivity contribution in [3.05, 3.63) is 42.2 Å². The van der Waals surface area contributed by atoms with Crippen LogP contribution in [0.4, 0.5) is 14.9 Å². The largest absolute Gasteiger partial charge is 0.433 e. The number of hydrogen-bond donors (Lipinski definition) is 3. The highest BCUT2D eigenvalue weighted by Crippen LogP contribution is 2.30.